The van der Waals surface area contributed by atoms with Crippen molar-refractivity contribution in [3.63, 3.8) is 0 Å². The first-order valence-electron chi connectivity index (χ1n) is 9.80. The highest BCUT2D eigenvalue weighted by Crippen LogP contribution is 2.36. The zero-order valence-electron chi connectivity index (χ0n) is 16.9. The average Bonchev–Trinajstić information content (AvgIpc) is 3.20. The Hall–Kier alpha value is -2.67. The number of halogens is 1. The molecule has 0 amide bonds. The average molecular weight is 500 g/mol. The standard InChI is InChI=1S/C22H22BrN5O2S/c1-31(29,30)28-13-17-10-18(23)7-8-21(17)27(22(11-24)20-12-25-15-26-20)14-19(28)9-16-5-3-2-4-6-16/h2-8,10,12,15,19,22H,9,13-14H2,1H3,(H,25,26)/t19-,22?/m1/s1. The van der Waals surface area contributed by atoms with E-state index in [1.54, 1.807) is 16.8 Å². The lowest BCUT2D eigenvalue weighted by Crippen LogP contribution is -2.46. The molecule has 0 fully saturated rings. The van der Waals surface area contributed by atoms with E-state index in [9.17, 15) is 13.7 Å². The topological polar surface area (TPSA) is 93.1 Å². The minimum Gasteiger partial charge on any atom is -0.349 e. The van der Waals surface area contributed by atoms with Gasteiger partial charge < -0.3 is 9.88 Å². The van der Waals surface area contributed by atoms with E-state index in [0.717, 1.165) is 21.3 Å². The van der Waals surface area contributed by atoms with Crippen LogP contribution in [0.1, 0.15) is 22.9 Å². The Bertz CT molecular complexity index is 1190. The van der Waals surface area contributed by atoms with Gasteiger partial charge >= 0.3 is 0 Å². The monoisotopic (exact) mass is 499 g/mol. The summed E-state index contributed by atoms with van der Waals surface area (Å²) in [6.07, 6.45) is 4.97. The highest BCUT2D eigenvalue weighted by Gasteiger charge is 2.36. The third-order valence-corrected chi connectivity index (χ3v) is 7.25. The molecule has 31 heavy (non-hydrogen) atoms. The number of nitrogens with zero attached hydrogens (tertiary/aromatic N) is 4. The Kier molecular flexibility index (Phi) is 6.14. The van der Waals surface area contributed by atoms with E-state index in [0.29, 0.717) is 18.7 Å². The lowest BCUT2D eigenvalue weighted by Gasteiger charge is -2.33. The summed E-state index contributed by atoms with van der Waals surface area (Å²) in [5, 5.41) is 10.0. The van der Waals surface area contributed by atoms with Crippen molar-refractivity contribution in [3.05, 3.63) is 82.3 Å². The molecule has 0 bridgehead atoms. The maximum absolute atomic E-state index is 12.8. The van der Waals surface area contributed by atoms with E-state index >= 15 is 0 Å². The smallest absolute Gasteiger partial charge is 0.211 e. The number of anilines is 1. The summed E-state index contributed by atoms with van der Waals surface area (Å²) in [6, 6.07) is 17.0. The van der Waals surface area contributed by atoms with E-state index in [4.69, 9.17) is 0 Å². The number of imidazole rings is 1. The van der Waals surface area contributed by atoms with Crippen LogP contribution in [-0.4, -0.2) is 41.5 Å². The van der Waals surface area contributed by atoms with Gasteiger partial charge in [-0.05, 0) is 35.7 Å². The van der Waals surface area contributed by atoms with Crippen molar-refractivity contribution in [2.24, 2.45) is 0 Å². The molecule has 2 aromatic carbocycles. The van der Waals surface area contributed by atoms with Crippen molar-refractivity contribution in [2.75, 3.05) is 17.7 Å². The molecule has 1 aromatic heterocycles. The summed E-state index contributed by atoms with van der Waals surface area (Å²) in [4.78, 5) is 9.09. The summed E-state index contributed by atoms with van der Waals surface area (Å²) in [6.45, 7) is 0.608. The number of aromatic nitrogens is 2. The first-order valence-corrected chi connectivity index (χ1v) is 12.4. The molecule has 7 nitrogen and oxygen atoms in total. The maximum atomic E-state index is 12.8. The van der Waals surface area contributed by atoms with Gasteiger partial charge in [0.15, 0.2) is 6.04 Å². The number of nitriles is 1. The van der Waals surface area contributed by atoms with Gasteiger partial charge in [0, 0.05) is 29.3 Å². The third-order valence-electron chi connectivity index (χ3n) is 5.48. The Labute approximate surface area is 190 Å². The fourth-order valence-electron chi connectivity index (χ4n) is 4.08. The third kappa shape index (κ3) is 4.66. The summed E-state index contributed by atoms with van der Waals surface area (Å²) >= 11 is 3.50. The fourth-order valence-corrected chi connectivity index (χ4v) is 5.55. The van der Waals surface area contributed by atoms with Gasteiger partial charge in [0.2, 0.25) is 10.0 Å². The van der Waals surface area contributed by atoms with Gasteiger partial charge in [-0.3, -0.25) is 0 Å². The van der Waals surface area contributed by atoms with Crippen molar-refractivity contribution < 1.29 is 8.42 Å². The molecule has 3 aromatic rings. The Balaban J connectivity index is 1.83. The van der Waals surface area contributed by atoms with Crippen LogP contribution in [0.2, 0.25) is 0 Å². The summed E-state index contributed by atoms with van der Waals surface area (Å²) < 4.78 is 28.1. The van der Waals surface area contributed by atoms with Gasteiger partial charge in [0.25, 0.3) is 0 Å². The largest absolute Gasteiger partial charge is 0.349 e. The molecule has 0 aliphatic carbocycles. The number of H-pyrrole nitrogens is 1. The first-order chi connectivity index (χ1) is 14.9. The Morgan fingerprint density at radius 3 is 2.71 bits per heavy atom. The van der Waals surface area contributed by atoms with Crippen LogP contribution in [0.15, 0.2) is 65.5 Å². The van der Waals surface area contributed by atoms with Crippen LogP contribution in [-0.2, 0) is 23.0 Å². The van der Waals surface area contributed by atoms with Crippen molar-refractivity contribution in [1.29, 1.82) is 5.26 Å². The summed E-state index contributed by atoms with van der Waals surface area (Å²) in [5.41, 5.74) is 3.40. The molecule has 1 N–H and O–H groups in total. The van der Waals surface area contributed by atoms with Gasteiger partial charge in [0.1, 0.15) is 0 Å². The van der Waals surface area contributed by atoms with E-state index < -0.39 is 16.1 Å². The highest BCUT2D eigenvalue weighted by atomic mass is 79.9. The summed E-state index contributed by atoms with van der Waals surface area (Å²) in [7, 11) is -3.50. The molecule has 0 saturated carbocycles. The number of sulfonamides is 1. The molecule has 0 saturated heterocycles. The van der Waals surface area contributed by atoms with Crippen LogP contribution in [0, 0.1) is 11.3 Å². The normalized spacial score (nSPS) is 18.1. The van der Waals surface area contributed by atoms with Crippen LogP contribution >= 0.6 is 15.9 Å². The molecule has 2 heterocycles. The molecule has 2 atom stereocenters. The van der Waals surface area contributed by atoms with E-state index in [1.807, 2.05) is 53.4 Å². The van der Waals surface area contributed by atoms with Crippen molar-refractivity contribution in [2.45, 2.75) is 25.0 Å². The Morgan fingerprint density at radius 1 is 1.29 bits per heavy atom. The van der Waals surface area contributed by atoms with E-state index in [-0.39, 0.29) is 12.6 Å². The molecule has 4 rings (SSSR count). The molecule has 1 unspecified atom stereocenters. The Morgan fingerprint density at radius 2 is 2.06 bits per heavy atom. The van der Waals surface area contributed by atoms with Crippen LogP contribution in [0.4, 0.5) is 5.69 Å². The molecule has 1 aliphatic heterocycles. The number of nitrogens with one attached hydrogen (secondary N) is 1. The maximum Gasteiger partial charge on any atom is 0.211 e. The van der Waals surface area contributed by atoms with Crippen LogP contribution in [0.3, 0.4) is 0 Å². The number of benzene rings is 2. The van der Waals surface area contributed by atoms with E-state index in [1.165, 1.54) is 6.26 Å². The van der Waals surface area contributed by atoms with Crippen molar-refractivity contribution in [1.82, 2.24) is 14.3 Å². The van der Waals surface area contributed by atoms with E-state index in [2.05, 4.69) is 32.0 Å². The molecular formula is C22H22BrN5O2S. The van der Waals surface area contributed by atoms with Gasteiger partial charge in [0.05, 0.1) is 30.5 Å². The second-order valence-electron chi connectivity index (χ2n) is 7.62. The summed E-state index contributed by atoms with van der Waals surface area (Å²) in [5.74, 6) is 0. The minimum absolute atomic E-state index is 0.239. The second kappa shape index (κ2) is 8.83. The SMILES string of the molecule is CS(=O)(=O)N1Cc2cc(Br)ccc2N(C(C#N)c2cnc[nH]2)C[C@H]1Cc1ccccc1. The highest BCUT2D eigenvalue weighted by molar-refractivity contribution is 9.10. The van der Waals surface area contributed by atoms with Gasteiger partial charge in [-0.1, -0.05) is 46.3 Å². The van der Waals surface area contributed by atoms with Crippen molar-refractivity contribution >= 4 is 31.6 Å². The molecule has 0 radical (unpaired) electrons. The second-order valence-corrected chi connectivity index (χ2v) is 10.5. The quantitative estimate of drug-likeness (QED) is 0.578. The number of fused-ring (bicyclic) bond motifs is 1. The number of rotatable bonds is 5. The van der Waals surface area contributed by atoms with Crippen LogP contribution in [0.25, 0.3) is 0 Å². The molecule has 160 valence electrons. The molecule has 0 spiro atoms. The van der Waals surface area contributed by atoms with Gasteiger partial charge in [-0.15, -0.1) is 0 Å². The predicted molar refractivity (Wildman–Crippen MR) is 123 cm³/mol. The predicted octanol–water partition coefficient (Wildman–Crippen LogP) is 3.63. The number of hydrogen-bond donors (Lipinski definition) is 1. The molecular weight excluding hydrogens is 478 g/mol. The molecule has 9 heteroatoms. The lowest BCUT2D eigenvalue weighted by molar-refractivity contribution is 0.319. The first kappa shape index (κ1) is 21.6. The zero-order valence-corrected chi connectivity index (χ0v) is 19.3. The van der Waals surface area contributed by atoms with Gasteiger partial charge in [-0.2, -0.15) is 9.57 Å². The van der Waals surface area contributed by atoms with Crippen LogP contribution < -0.4 is 4.90 Å². The van der Waals surface area contributed by atoms with Crippen molar-refractivity contribution in [3.8, 4) is 6.07 Å². The van der Waals surface area contributed by atoms with Gasteiger partial charge in [-0.25, -0.2) is 13.4 Å². The van der Waals surface area contributed by atoms with Crippen LogP contribution in [0.5, 0.6) is 0 Å². The lowest BCUT2D eigenvalue weighted by atomic mass is 10.0. The fraction of sp³-hybridized carbons (Fsp3) is 0.273. The number of aromatic amines is 1. The number of hydrogen-bond acceptors (Lipinski definition) is 5. The minimum atomic E-state index is -3.50. The molecule has 1 aliphatic rings. The zero-order chi connectivity index (χ0) is 22.0.